The Labute approximate surface area is 191 Å². The topological polar surface area (TPSA) is 63.6 Å². The van der Waals surface area contributed by atoms with Gasteiger partial charge < -0.3 is 9.84 Å². The van der Waals surface area contributed by atoms with Crippen LogP contribution in [0.2, 0.25) is 0 Å². The molecule has 32 heavy (non-hydrogen) atoms. The van der Waals surface area contributed by atoms with Crippen molar-refractivity contribution in [2.45, 2.75) is 77.2 Å². The van der Waals surface area contributed by atoms with Crippen molar-refractivity contribution in [2.24, 2.45) is 28.6 Å². The Hall–Kier alpha value is -1.94. The van der Waals surface area contributed by atoms with E-state index in [0.29, 0.717) is 30.6 Å². The smallest absolute Gasteiger partial charge is 0.306 e. The summed E-state index contributed by atoms with van der Waals surface area (Å²) in [6, 6.07) is 10.1. The van der Waals surface area contributed by atoms with Gasteiger partial charge in [-0.1, -0.05) is 42.8 Å². The van der Waals surface area contributed by atoms with Gasteiger partial charge in [0.05, 0.1) is 6.61 Å². The fraction of sp³-hybridized carbons (Fsp3) is 0.643. The zero-order valence-electron chi connectivity index (χ0n) is 19.2. The van der Waals surface area contributed by atoms with Crippen LogP contribution >= 0.6 is 0 Å². The van der Waals surface area contributed by atoms with E-state index in [1.807, 2.05) is 24.3 Å². The second-order valence-electron chi connectivity index (χ2n) is 11.0. The van der Waals surface area contributed by atoms with Crippen molar-refractivity contribution in [3.8, 4) is 0 Å². The Morgan fingerprint density at radius 1 is 1.06 bits per heavy atom. The van der Waals surface area contributed by atoms with Crippen molar-refractivity contribution in [1.29, 1.82) is 0 Å². The molecule has 1 N–H and O–H groups in total. The SMILES string of the molecule is C[C@]12CC[C@H]3[C@@H](CCC4=CC(=O)CC[C@@]43CO)[C@@H]1CC[C@@H]2OC(=O)CCc1ccccc1. The summed E-state index contributed by atoms with van der Waals surface area (Å²) in [5, 5.41) is 10.5. The van der Waals surface area contributed by atoms with Gasteiger partial charge in [-0.05, 0) is 80.8 Å². The van der Waals surface area contributed by atoms with Gasteiger partial charge in [0.1, 0.15) is 6.10 Å². The third-order valence-electron chi connectivity index (χ3n) is 9.62. The van der Waals surface area contributed by atoms with Gasteiger partial charge in [-0.3, -0.25) is 9.59 Å². The molecule has 4 nitrogen and oxygen atoms in total. The molecule has 4 aliphatic carbocycles. The Morgan fingerprint density at radius 3 is 2.66 bits per heavy atom. The second kappa shape index (κ2) is 8.44. The summed E-state index contributed by atoms with van der Waals surface area (Å²) in [6.07, 6.45) is 10.6. The summed E-state index contributed by atoms with van der Waals surface area (Å²) in [6.45, 7) is 2.51. The van der Waals surface area contributed by atoms with Crippen LogP contribution in [-0.2, 0) is 20.7 Å². The van der Waals surface area contributed by atoms with Gasteiger partial charge in [-0.25, -0.2) is 0 Å². The van der Waals surface area contributed by atoms with Gasteiger partial charge in [-0.2, -0.15) is 0 Å². The molecule has 0 amide bonds. The predicted octanol–water partition coefficient (Wildman–Crippen LogP) is 5.04. The number of rotatable bonds is 5. The van der Waals surface area contributed by atoms with Crippen LogP contribution in [0.3, 0.4) is 0 Å². The number of hydrogen-bond acceptors (Lipinski definition) is 4. The normalized spacial score (nSPS) is 38.3. The third kappa shape index (κ3) is 3.55. The van der Waals surface area contributed by atoms with Crippen molar-refractivity contribution >= 4 is 11.8 Å². The lowest BCUT2D eigenvalue weighted by atomic mass is 9.47. The Bertz CT molecular complexity index is 905. The maximum Gasteiger partial charge on any atom is 0.306 e. The van der Waals surface area contributed by atoms with Crippen LogP contribution in [0.15, 0.2) is 42.0 Å². The van der Waals surface area contributed by atoms with E-state index in [1.165, 1.54) is 11.1 Å². The molecule has 0 bridgehead atoms. The monoisotopic (exact) mass is 436 g/mol. The number of carbonyl (C=O) groups excluding carboxylic acids is 2. The number of aliphatic hydroxyl groups excluding tert-OH is 1. The van der Waals surface area contributed by atoms with E-state index in [2.05, 4.69) is 19.1 Å². The highest BCUT2D eigenvalue weighted by Crippen LogP contribution is 2.65. The van der Waals surface area contributed by atoms with E-state index in [1.54, 1.807) is 0 Å². The van der Waals surface area contributed by atoms with Crippen LogP contribution in [0.1, 0.15) is 70.3 Å². The van der Waals surface area contributed by atoms with Crippen LogP contribution < -0.4 is 0 Å². The summed E-state index contributed by atoms with van der Waals surface area (Å²) >= 11 is 0. The van der Waals surface area contributed by atoms with Crippen LogP contribution in [0, 0.1) is 28.6 Å². The van der Waals surface area contributed by atoms with Crippen molar-refractivity contribution < 1.29 is 19.4 Å². The highest BCUT2D eigenvalue weighted by atomic mass is 16.5. The van der Waals surface area contributed by atoms with E-state index >= 15 is 0 Å². The van der Waals surface area contributed by atoms with Gasteiger partial charge in [0, 0.05) is 23.7 Å². The Balaban J connectivity index is 1.28. The largest absolute Gasteiger partial charge is 0.462 e. The number of fused-ring (bicyclic) bond motifs is 5. The number of benzene rings is 1. The number of esters is 1. The van der Waals surface area contributed by atoms with Crippen molar-refractivity contribution in [3.05, 3.63) is 47.5 Å². The van der Waals surface area contributed by atoms with Crippen LogP contribution in [0.5, 0.6) is 0 Å². The van der Waals surface area contributed by atoms with Crippen LogP contribution in [0.25, 0.3) is 0 Å². The number of hydrogen-bond donors (Lipinski definition) is 1. The van der Waals surface area contributed by atoms with Crippen molar-refractivity contribution in [3.63, 3.8) is 0 Å². The third-order valence-corrected chi connectivity index (χ3v) is 9.62. The summed E-state index contributed by atoms with van der Waals surface area (Å²) in [5.74, 6) is 1.70. The van der Waals surface area contributed by atoms with Gasteiger partial charge in [-0.15, -0.1) is 0 Å². The van der Waals surface area contributed by atoms with Gasteiger partial charge in [0.15, 0.2) is 5.78 Å². The number of carbonyl (C=O) groups is 2. The standard InChI is InChI=1S/C28H36O4/c1-27-15-14-24-22(9-8-20-17-21(30)13-16-28(20,24)18-29)23(27)10-11-25(27)32-26(31)12-7-19-5-3-2-4-6-19/h2-6,17,22-25,29H,7-16,18H2,1H3/t22-,23-,24-,25-,27-,28+/m0/s1. The Kier molecular flexibility index (Phi) is 5.77. The molecule has 4 aliphatic rings. The molecule has 3 fully saturated rings. The molecular formula is C28H36O4. The zero-order valence-corrected chi connectivity index (χ0v) is 19.2. The molecule has 4 heteroatoms. The minimum atomic E-state index is -0.192. The highest BCUT2D eigenvalue weighted by molar-refractivity contribution is 5.91. The predicted molar refractivity (Wildman–Crippen MR) is 123 cm³/mol. The second-order valence-corrected chi connectivity index (χ2v) is 11.0. The number of ether oxygens (including phenoxy) is 1. The van der Waals surface area contributed by atoms with E-state index in [4.69, 9.17) is 4.74 Å². The lowest BCUT2D eigenvalue weighted by Crippen LogP contribution is -2.53. The van der Waals surface area contributed by atoms with Crippen molar-refractivity contribution in [2.75, 3.05) is 6.61 Å². The van der Waals surface area contributed by atoms with Gasteiger partial charge in [0.25, 0.3) is 0 Å². The van der Waals surface area contributed by atoms with Gasteiger partial charge >= 0.3 is 5.97 Å². The molecule has 172 valence electrons. The summed E-state index contributed by atoms with van der Waals surface area (Å²) in [5.41, 5.74) is 2.23. The quantitative estimate of drug-likeness (QED) is 0.657. The number of aryl methyl sites for hydroxylation is 1. The Morgan fingerprint density at radius 2 is 1.88 bits per heavy atom. The van der Waals surface area contributed by atoms with Gasteiger partial charge in [0.2, 0.25) is 0 Å². The fourth-order valence-corrected chi connectivity index (χ4v) is 7.91. The minimum Gasteiger partial charge on any atom is -0.462 e. The molecular weight excluding hydrogens is 400 g/mol. The van der Waals surface area contributed by atoms with E-state index in [-0.39, 0.29) is 35.3 Å². The first kappa shape index (κ1) is 21.9. The lowest BCUT2D eigenvalue weighted by molar-refractivity contribution is -0.160. The molecule has 0 radical (unpaired) electrons. The molecule has 0 unspecified atom stereocenters. The lowest BCUT2D eigenvalue weighted by Gasteiger charge is -2.58. The average Bonchev–Trinajstić information content (AvgIpc) is 3.14. The molecule has 0 aromatic heterocycles. The molecule has 1 aromatic rings. The van der Waals surface area contributed by atoms with Crippen LogP contribution in [-0.4, -0.2) is 29.6 Å². The first-order valence-electron chi connectivity index (χ1n) is 12.5. The first-order valence-corrected chi connectivity index (χ1v) is 12.5. The van der Waals surface area contributed by atoms with E-state index in [9.17, 15) is 14.7 Å². The summed E-state index contributed by atoms with van der Waals surface area (Å²) in [7, 11) is 0. The molecule has 0 aliphatic heterocycles. The number of ketones is 1. The molecule has 0 heterocycles. The molecule has 3 saturated carbocycles. The van der Waals surface area contributed by atoms with Crippen LogP contribution in [0.4, 0.5) is 0 Å². The van der Waals surface area contributed by atoms with E-state index in [0.717, 1.165) is 51.4 Å². The molecule has 5 rings (SSSR count). The number of aliphatic hydroxyl groups is 1. The fourth-order valence-electron chi connectivity index (χ4n) is 7.91. The maximum absolute atomic E-state index is 12.7. The summed E-state index contributed by atoms with van der Waals surface area (Å²) < 4.78 is 6.11. The first-order chi connectivity index (χ1) is 15.5. The summed E-state index contributed by atoms with van der Waals surface area (Å²) in [4.78, 5) is 24.7. The van der Waals surface area contributed by atoms with E-state index < -0.39 is 0 Å². The maximum atomic E-state index is 12.7. The molecule has 0 spiro atoms. The zero-order chi connectivity index (χ0) is 22.3. The molecule has 6 atom stereocenters. The average molecular weight is 437 g/mol. The minimum absolute atomic E-state index is 0.00618. The molecule has 0 saturated heterocycles. The van der Waals surface area contributed by atoms with Crippen molar-refractivity contribution in [1.82, 2.24) is 0 Å². The molecule has 1 aromatic carbocycles. The highest BCUT2D eigenvalue weighted by Gasteiger charge is 2.60.